The second-order valence-corrected chi connectivity index (χ2v) is 3.06. The van der Waals surface area contributed by atoms with Gasteiger partial charge in [-0.3, -0.25) is 0 Å². The van der Waals surface area contributed by atoms with E-state index in [-0.39, 0.29) is 6.61 Å². The minimum Gasteiger partial charge on any atom is -0.496 e. The summed E-state index contributed by atoms with van der Waals surface area (Å²) in [5, 5.41) is 8.62. The highest BCUT2D eigenvalue weighted by Crippen LogP contribution is 2.22. The average Bonchev–Trinajstić information content (AvgIpc) is 2.25. The SMILES string of the molecule is COc1ccc(C=CCO)cc1CCl. The maximum absolute atomic E-state index is 8.62. The van der Waals surface area contributed by atoms with Gasteiger partial charge in [-0.2, -0.15) is 0 Å². The van der Waals surface area contributed by atoms with E-state index < -0.39 is 0 Å². The van der Waals surface area contributed by atoms with E-state index in [1.54, 1.807) is 13.2 Å². The molecular weight excluding hydrogens is 200 g/mol. The standard InChI is InChI=1S/C11H13ClO2/c1-14-11-5-4-9(3-2-6-13)7-10(11)8-12/h2-5,7,13H,6,8H2,1H3. The lowest BCUT2D eigenvalue weighted by molar-refractivity contribution is 0.343. The predicted octanol–water partition coefficient (Wildman–Crippen LogP) is 2.44. The van der Waals surface area contributed by atoms with Gasteiger partial charge < -0.3 is 9.84 Å². The first-order valence-electron chi connectivity index (χ1n) is 4.32. The van der Waals surface area contributed by atoms with Gasteiger partial charge in [0.15, 0.2) is 0 Å². The molecule has 0 amide bonds. The molecular formula is C11H13ClO2. The van der Waals surface area contributed by atoms with Gasteiger partial charge in [0, 0.05) is 5.56 Å². The summed E-state index contributed by atoms with van der Waals surface area (Å²) in [5.74, 6) is 1.21. The second kappa shape index (κ2) is 5.68. The van der Waals surface area contributed by atoms with Crippen LogP contribution in [-0.2, 0) is 5.88 Å². The van der Waals surface area contributed by atoms with Gasteiger partial charge in [-0.15, -0.1) is 11.6 Å². The first-order chi connectivity index (χ1) is 6.81. The minimum atomic E-state index is 0.0439. The molecule has 0 fully saturated rings. The molecule has 1 aromatic rings. The summed E-state index contributed by atoms with van der Waals surface area (Å²) < 4.78 is 5.14. The summed E-state index contributed by atoms with van der Waals surface area (Å²) in [5.41, 5.74) is 1.96. The van der Waals surface area contributed by atoms with Gasteiger partial charge in [-0.05, 0) is 17.7 Å². The molecule has 76 valence electrons. The maximum atomic E-state index is 8.62. The molecule has 0 bridgehead atoms. The highest BCUT2D eigenvalue weighted by Gasteiger charge is 2.01. The second-order valence-electron chi connectivity index (χ2n) is 2.79. The first-order valence-corrected chi connectivity index (χ1v) is 4.85. The molecule has 0 saturated heterocycles. The molecule has 1 N–H and O–H groups in total. The van der Waals surface area contributed by atoms with Crippen molar-refractivity contribution in [3.05, 3.63) is 35.4 Å². The molecule has 0 aliphatic rings. The Morgan fingerprint density at radius 1 is 1.50 bits per heavy atom. The van der Waals surface area contributed by atoms with E-state index in [4.69, 9.17) is 21.4 Å². The first kappa shape index (κ1) is 11.1. The number of hydrogen-bond donors (Lipinski definition) is 1. The molecule has 1 rings (SSSR count). The monoisotopic (exact) mass is 212 g/mol. The molecule has 0 aliphatic carbocycles. The fraction of sp³-hybridized carbons (Fsp3) is 0.273. The van der Waals surface area contributed by atoms with E-state index in [0.29, 0.717) is 5.88 Å². The van der Waals surface area contributed by atoms with Crippen LogP contribution in [0.1, 0.15) is 11.1 Å². The van der Waals surface area contributed by atoms with Crippen LogP contribution in [-0.4, -0.2) is 18.8 Å². The number of aliphatic hydroxyl groups excluding tert-OH is 1. The molecule has 0 saturated carbocycles. The summed E-state index contributed by atoms with van der Waals surface area (Å²) in [6.45, 7) is 0.0439. The van der Waals surface area contributed by atoms with Crippen LogP contribution >= 0.6 is 11.6 Å². The third-order valence-electron chi connectivity index (χ3n) is 1.86. The van der Waals surface area contributed by atoms with Crippen molar-refractivity contribution in [1.29, 1.82) is 0 Å². The summed E-state index contributed by atoms with van der Waals surface area (Å²) in [7, 11) is 1.62. The summed E-state index contributed by atoms with van der Waals surface area (Å²) in [6.07, 6.45) is 3.52. The number of hydrogen-bond acceptors (Lipinski definition) is 2. The summed E-state index contributed by atoms with van der Waals surface area (Å²) in [6, 6.07) is 5.73. The van der Waals surface area contributed by atoms with Crippen molar-refractivity contribution < 1.29 is 9.84 Å². The van der Waals surface area contributed by atoms with Gasteiger partial charge in [-0.1, -0.05) is 18.2 Å². The van der Waals surface area contributed by atoms with Gasteiger partial charge in [0.1, 0.15) is 5.75 Å². The predicted molar refractivity (Wildman–Crippen MR) is 58.7 cm³/mol. The Labute approximate surface area is 88.8 Å². The van der Waals surface area contributed by atoms with E-state index in [1.807, 2.05) is 24.3 Å². The topological polar surface area (TPSA) is 29.5 Å². The lowest BCUT2D eigenvalue weighted by atomic mass is 10.1. The molecule has 0 unspecified atom stereocenters. The molecule has 1 aromatic carbocycles. The Bertz CT molecular complexity index is 321. The molecule has 14 heavy (non-hydrogen) atoms. The third kappa shape index (κ3) is 2.76. The average molecular weight is 213 g/mol. The van der Waals surface area contributed by atoms with Crippen molar-refractivity contribution in [1.82, 2.24) is 0 Å². The van der Waals surface area contributed by atoms with E-state index >= 15 is 0 Å². The summed E-state index contributed by atoms with van der Waals surface area (Å²) >= 11 is 5.76. The molecule has 0 heterocycles. The van der Waals surface area contributed by atoms with Crippen LogP contribution in [0.25, 0.3) is 6.08 Å². The van der Waals surface area contributed by atoms with Gasteiger partial charge in [0.25, 0.3) is 0 Å². The molecule has 0 atom stereocenters. The lowest BCUT2D eigenvalue weighted by Gasteiger charge is -2.06. The Hall–Kier alpha value is -0.990. The van der Waals surface area contributed by atoms with E-state index in [2.05, 4.69) is 0 Å². The zero-order valence-corrected chi connectivity index (χ0v) is 8.79. The molecule has 0 radical (unpaired) electrons. The number of aliphatic hydroxyl groups is 1. The van der Waals surface area contributed by atoms with Crippen molar-refractivity contribution in [2.75, 3.05) is 13.7 Å². The molecule has 0 aromatic heterocycles. The smallest absolute Gasteiger partial charge is 0.123 e. The minimum absolute atomic E-state index is 0.0439. The van der Waals surface area contributed by atoms with Crippen molar-refractivity contribution in [2.24, 2.45) is 0 Å². The number of rotatable bonds is 4. The van der Waals surface area contributed by atoms with Gasteiger partial charge in [0.05, 0.1) is 19.6 Å². The van der Waals surface area contributed by atoms with Crippen LogP contribution in [0.5, 0.6) is 5.75 Å². The maximum Gasteiger partial charge on any atom is 0.123 e. The van der Waals surface area contributed by atoms with Crippen LogP contribution in [0.3, 0.4) is 0 Å². The van der Waals surface area contributed by atoms with Crippen LogP contribution < -0.4 is 4.74 Å². The Balaban J connectivity index is 2.95. The number of benzene rings is 1. The van der Waals surface area contributed by atoms with Gasteiger partial charge >= 0.3 is 0 Å². The van der Waals surface area contributed by atoms with Crippen LogP contribution in [0.4, 0.5) is 0 Å². The zero-order chi connectivity index (χ0) is 10.4. The van der Waals surface area contributed by atoms with Crippen LogP contribution in [0, 0.1) is 0 Å². The van der Waals surface area contributed by atoms with E-state index in [9.17, 15) is 0 Å². The van der Waals surface area contributed by atoms with Gasteiger partial charge in [-0.25, -0.2) is 0 Å². The van der Waals surface area contributed by atoms with Crippen LogP contribution in [0.2, 0.25) is 0 Å². The Morgan fingerprint density at radius 2 is 2.29 bits per heavy atom. The van der Waals surface area contributed by atoms with E-state index in [0.717, 1.165) is 16.9 Å². The van der Waals surface area contributed by atoms with Crippen molar-refractivity contribution in [3.63, 3.8) is 0 Å². The zero-order valence-electron chi connectivity index (χ0n) is 8.03. The summed E-state index contributed by atoms with van der Waals surface area (Å²) in [4.78, 5) is 0. The quantitative estimate of drug-likeness (QED) is 0.777. The fourth-order valence-corrected chi connectivity index (χ4v) is 1.40. The fourth-order valence-electron chi connectivity index (χ4n) is 1.20. The lowest BCUT2D eigenvalue weighted by Crippen LogP contribution is -1.89. The largest absolute Gasteiger partial charge is 0.496 e. The molecule has 3 heteroatoms. The number of methoxy groups -OCH3 is 1. The third-order valence-corrected chi connectivity index (χ3v) is 2.15. The van der Waals surface area contributed by atoms with Crippen molar-refractivity contribution >= 4 is 17.7 Å². The normalized spacial score (nSPS) is 10.8. The van der Waals surface area contributed by atoms with Crippen LogP contribution in [0.15, 0.2) is 24.3 Å². The molecule has 0 aliphatic heterocycles. The number of halogens is 1. The Morgan fingerprint density at radius 3 is 2.86 bits per heavy atom. The highest BCUT2D eigenvalue weighted by molar-refractivity contribution is 6.17. The molecule has 2 nitrogen and oxygen atoms in total. The van der Waals surface area contributed by atoms with Crippen molar-refractivity contribution in [3.8, 4) is 5.75 Å². The number of ether oxygens (including phenoxy) is 1. The molecule has 0 spiro atoms. The Kier molecular flexibility index (Phi) is 4.50. The van der Waals surface area contributed by atoms with E-state index in [1.165, 1.54) is 0 Å². The number of alkyl halides is 1. The highest BCUT2D eigenvalue weighted by atomic mass is 35.5. The van der Waals surface area contributed by atoms with Gasteiger partial charge in [0.2, 0.25) is 0 Å². The van der Waals surface area contributed by atoms with Crippen molar-refractivity contribution in [2.45, 2.75) is 5.88 Å².